The minimum absolute atomic E-state index is 0.379. The lowest BCUT2D eigenvalue weighted by Gasteiger charge is -2.25. The number of carboxylic acid groups (broad SMARTS) is 1. The van der Waals surface area contributed by atoms with Gasteiger partial charge in [-0.05, 0) is 24.7 Å². The van der Waals surface area contributed by atoms with E-state index in [-0.39, 0.29) is 0 Å². The lowest BCUT2D eigenvalue weighted by Crippen LogP contribution is -2.16. The summed E-state index contributed by atoms with van der Waals surface area (Å²) < 4.78 is 0. The molecule has 1 fully saturated rings. The quantitative estimate of drug-likeness (QED) is 0.666. The number of aliphatic carboxylic acids is 1. The van der Waals surface area contributed by atoms with Crippen LogP contribution in [0.3, 0.4) is 0 Å². The highest BCUT2D eigenvalue weighted by molar-refractivity contribution is 5.67. The summed E-state index contributed by atoms with van der Waals surface area (Å²) in [5.74, 6) is 0.563. The van der Waals surface area contributed by atoms with Gasteiger partial charge in [-0.1, -0.05) is 19.8 Å². The average Bonchev–Trinajstić information content (AvgIpc) is 1.85. The van der Waals surface area contributed by atoms with Crippen molar-refractivity contribution in [3.63, 3.8) is 0 Å². The van der Waals surface area contributed by atoms with E-state index in [1.165, 1.54) is 12.8 Å². The van der Waals surface area contributed by atoms with E-state index in [4.69, 9.17) is 5.11 Å². The zero-order valence-electron chi connectivity index (χ0n) is 7.05. The van der Waals surface area contributed by atoms with Crippen molar-refractivity contribution in [1.82, 2.24) is 0 Å². The molecule has 0 unspecified atom stereocenters. The Labute approximate surface area is 67.6 Å². The molecular formula is C9H16O2. The second kappa shape index (κ2) is 3.74. The zero-order chi connectivity index (χ0) is 8.27. The monoisotopic (exact) mass is 156 g/mol. The highest BCUT2D eigenvalue weighted by atomic mass is 16.4. The number of hydrogen-bond donors (Lipinski definition) is 1. The molecule has 0 spiro atoms. The molecule has 64 valence electrons. The van der Waals surface area contributed by atoms with E-state index in [2.05, 4.69) is 6.92 Å². The Morgan fingerprint density at radius 2 is 2.27 bits per heavy atom. The van der Waals surface area contributed by atoms with Crippen LogP contribution in [0.2, 0.25) is 0 Å². The molecule has 1 N–H and O–H groups in total. The van der Waals surface area contributed by atoms with Gasteiger partial charge in [-0.25, -0.2) is 0 Å². The van der Waals surface area contributed by atoms with Crippen LogP contribution >= 0.6 is 0 Å². The summed E-state index contributed by atoms with van der Waals surface area (Å²) >= 11 is 0. The van der Waals surface area contributed by atoms with E-state index in [0.29, 0.717) is 12.3 Å². The van der Waals surface area contributed by atoms with Crippen LogP contribution in [-0.2, 0) is 4.79 Å². The first-order chi connectivity index (χ1) is 5.18. The number of carbonyl (C=O) groups is 1. The van der Waals surface area contributed by atoms with Gasteiger partial charge < -0.3 is 5.11 Å². The van der Waals surface area contributed by atoms with Crippen molar-refractivity contribution in [3.05, 3.63) is 0 Å². The van der Waals surface area contributed by atoms with Crippen molar-refractivity contribution in [2.75, 3.05) is 0 Å². The molecule has 0 amide bonds. The summed E-state index contributed by atoms with van der Waals surface area (Å²) in [5, 5.41) is 8.55. The maximum Gasteiger partial charge on any atom is 0.303 e. The van der Waals surface area contributed by atoms with Gasteiger partial charge in [0.1, 0.15) is 0 Å². The predicted octanol–water partition coefficient (Wildman–Crippen LogP) is 2.29. The first-order valence-corrected chi connectivity index (χ1v) is 4.40. The Morgan fingerprint density at radius 1 is 1.55 bits per heavy atom. The van der Waals surface area contributed by atoms with Crippen LogP contribution in [0.4, 0.5) is 0 Å². The highest BCUT2D eigenvalue weighted by Crippen LogP contribution is 2.30. The maximum absolute atomic E-state index is 10.4. The molecule has 1 aliphatic rings. The molecular weight excluding hydrogens is 140 g/mol. The van der Waals surface area contributed by atoms with E-state index in [0.717, 1.165) is 18.8 Å². The van der Waals surface area contributed by atoms with Crippen molar-refractivity contribution in [2.45, 2.75) is 39.0 Å². The Bertz CT molecular complexity index is 142. The van der Waals surface area contributed by atoms with Gasteiger partial charge in [0.05, 0.1) is 0 Å². The summed E-state index contributed by atoms with van der Waals surface area (Å²) in [5.41, 5.74) is 0. The molecule has 0 aromatic carbocycles. The van der Waals surface area contributed by atoms with Gasteiger partial charge in [-0.2, -0.15) is 0 Å². The summed E-state index contributed by atoms with van der Waals surface area (Å²) in [6.45, 7) is 2.22. The molecule has 0 heterocycles. The molecule has 1 aliphatic carbocycles. The van der Waals surface area contributed by atoms with Crippen LogP contribution in [0, 0.1) is 11.8 Å². The first kappa shape index (κ1) is 8.57. The lowest BCUT2D eigenvalue weighted by atomic mass is 9.81. The van der Waals surface area contributed by atoms with Crippen molar-refractivity contribution in [1.29, 1.82) is 0 Å². The zero-order valence-corrected chi connectivity index (χ0v) is 7.05. The molecule has 0 aromatic heterocycles. The highest BCUT2D eigenvalue weighted by Gasteiger charge is 2.20. The molecule has 11 heavy (non-hydrogen) atoms. The van der Waals surface area contributed by atoms with Gasteiger partial charge in [0.2, 0.25) is 0 Å². The van der Waals surface area contributed by atoms with Gasteiger partial charge in [0, 0.05) is 6.42 Å². The third kappa shape index (κ3) is 2.91. The number of rotatable bonds is 2. The SMILES string of the molecule is C[C@@H]1CCC[C@H](CC(=O)O)C1. The van der Waals surface area contributed by atoms with Gasteiger partial charge >= 0.3 is 5.97 Å². The fourth-order valence-corrected chi connectivity index (χ4v) is 1.99. The van der Waals surface area contributed by atoms with E-state index in [1.54, 1.807) is 0 Å². The summed E-state index contributed by atoms with van der Waals surface area (Å²) in [7, 11) is 0. The van der Waals surface area contributed by atoms with Gasteiger partial charge in [0.25, 0.3) is 0 Å². The standard InChI is InChI=1S/C9H16O2/c1-7-3-2-4-8(5-7)6-9(10)11/h7-8H,2-6H2,1H3,(H,10,11)/t7-,8+/m1/s1. The number of carboxylic acids is 1. The first-order valence-electron chi connectivity index (χ1n) is 4.40. The minimum Gasteiger partial charge on any atom is -0.481 e. The van der Waals surface area contributed by atoms with Crippen LogP contribution < -0.4 is 0 Å². The normalized spacial score (nSPS) is 31.7. The third-order valence-corrected chi connectivity index (χ3v) is 2.51. The fourth-order valence-electron chi connectivity index (χ4n) is 1.99. The lowest BCUT2D eigenvalue weighted by molar-refractivity contribution is -0.138. The topological polar surface area (TPSA) is 37.3 Å². The van der Waals surface area contributed by atoms with E-state index >= 15 is 0 Å². The largest absolute Gasteiger partial charge is 0.481 e. The van der Waals surface area contributed by atoms with Gasteiger partial charge in [0.15, 0.2) is 0 Å². The number of hydrogen-bond acceptors (Lipinski definition) is 1. The Hall–Kier alpha value is -0.530. The molecule has 0 bridgehead atoms. The van der Waals surface area contributed by atoms with Crippen LogP contribution in [0.5, 0.6) is 0 Å². The smallest absolute Gasteiger partial charge is 0.303 e. The van der Waals surface area contributed by atoms with Crippen molar-refractivity contribution < 1.29 is 9.90 Å². The maximum atomic E-state index is 10.4. The molecule has 1 saturated carbocycles. The molecule has 1 rings (SSSR count). The second-order valence-corrected chi connectivity index (χ2v) is 3.74. The van der Waals surface area contributed by atoms with Gasteiger partial charge in [-0.15, -0.1) is 0 Å². The van der Waals surface area contributed by atoms with Crippen LogP contribution in [0.25, 0.3) is 0 Å². The molecule has 0 aliphatic heterocycles. The summed E-state index contributed by atoms with van der Waals surface area (Å²) in [6, 6.07) is 0. The van der Waals surface area contributed by atoms with Crippen LogP contribution in [-0.4, -0.2) is 11.1 Å². The average molecular weight is 156 g/mol. The molecule has 2 nitrogen and oxygen atoms in total. The Balaban J connectivity index is 2.28. The molecule has 0 radical (unpaired) electrons. The second-order valence-electron chi connectivity index (χ2n) is 3.74. The van der Waals surface area contributed by atoms with E-state index in [9.17, 15) is 4.79 Å². The third-order valence-electron chi connectivity index (χ3n) is 2.51. The minimum atomic E-state index is -0.635. The van der Waals surface area contributed by atoms with E-state index in [1.807, 2.05) is 0 Å². The fraction of sp³-hybridized carbons (Fsp3) is 0.889. The molecule has 0 saturated heterocycles. The van der Waals surface area contributed by atoms with Crippen LogP contribution in [0.15, 0.2) is 0 Å². The Kier molecular flexibility index (Phi) is 2.92. The summed E-state index contributed by atoms with van der Waals surface area (Å²) in [4.78, 5) is 10.4. The van der Waals surface area contributed by atoms with E-state index < -0.39 is 5.97 Å². The van der Waals surface area contributed by atoms with Crippen molar-refractivity contribution in [2.24, 2.45) is 11.8 Å². The van der Waals surface area contributed by atoms with Gasteiger partial charge in [-0.3, -0.25) is 4.79 Å². The van der Waals surface area contributed by atoms with Crippen LogP contribution in [0.1, 0.15) is 39.0 Å². The molecule has 2 atom stereocenters. The molecule has 2 heteroatoms. The Morgan fingerprint density at radius 3 is 2.82 bits per heavy atom. The molecule has 0 aromatic rings. The summed E-state index contributed by atoms with van der Waals surface area (Å²) in [6.07, 6.45) is 5.13. The van der Waals surface area contributed by atoms with Crippen molar-refractivity contribution in [3.8, 4) is 0 Å². The van der Waals surface area contributed by atoms with Crippen molar-refractivity contribution >= 4 is 5.97 Å². The predicted molar refractivity (Wildman–Crippen MR) is 43.4 cm³/mol.